The van der Waals surface area contributed by atoms with Crippen LogP contribution >= 0.6 is 0 Å². The Morgan fingerprint density at radius 1 is 1.50 bits per heavy atom. The van der Waals surface area contributed by atoms with Crippen LogP contribution in [0.4, 0.5) is 0 Å². The molecule has 1 aliphatic rings. The Balaban J connectivity index is 0.00000196. The van der Waals surface area contributed by atoms with Gasteiger partial charge in [0.05, 0.1) is 0 Å². The molecule has 0 atom stereocenters. The monoisotopic (exact) mass is 191 g/mol. The molecule has 0 unspecified atom stereocenters. The SMILES string of the molecule is C=C(CC)NCC1=CC=C(C(=C)C)C1.[HH]. The Hall–Kier alpha value is -1.24. The second kappa shape index (κ2) is 4.85. The van der Waals surface area contributed by atoms with Gasteiger partial charge in [-0.05, 0) is 30.9 Å². The summed E-state index contributed by atoms with van der Waals surface area (Å²) in [4.78, 5) is 0. The van der Waals surface area contributed by atoms with E-state index in [0.29, 0.717) is 0 Å². The first-order chi connectivity index (χ1) is 6.63. The molecule has 0 heterocycles. The number of allylic oxidation sites excluding steroid dienone is 5. The van der Waals surface area contributed by atoms with Crippen LogP contribution in [0.2, 0.25) is 0 Å². The summed E-state index contributed by atoms with van der Waals surface area (Å²) in [6, 6.07) is 0. The van der Waals surface area contributed by atoms with Gasteiger partial charge in [0.25, 0.3) is 0 Å². The van der Waals surface area contributed by atoms with Gasteiger partial charge < -0.3 is 5.32 Å². The smallest absolute Gasteiger partial charge is 0.0363 e. The van der Waals surface area contributed by atoms with E-state index in [2.05, 4.69) is 44.5 Å². The van der Waals surface area contributed by atoms with Crippen molar-refractivity contribution in [1.82, 2.24) is 5.32 Å². The van der Waals surface area contributed by atoms with E-state index in [1.165, 1.54) is 16.7 Å². The number of hydrogen-bond acceptors (Lipinski definition) is 1. The lowest BCUT2D eigenvalue weighted by Gasteiger charge is -2.09. The molecule has 0 fully saturated rings. The van der Waals surface area contributed by atoms with Gasteiger partial charge in [-0.2, -0.15) is 0 Å². The Bertz CT molecular complexity index is 310. The first-order valence-electron chi connectivity index (χ1n) is 5.09. The van der Waals surface area contributed by atoms with Gasteiger partial charge in [-0.15, -0.1) is 0 Å². The molecular weight excluding hydrogens is 170 g/mol. The molecule has 0 bridgehead atoms. The lowest BCUT2D eigenvalue weighted by atomic mass is 10.1. The van der Waals surface area contributed by atoms with E-state index in [-0.39, 0.29) is 1.43 Å². The first-order valence-corrected chi connectivity index (χ1v) is 5.09. The van der Waals surface area contributed by atoms with Crippen molar-refractivity contribution in [3.05, 3.63) is 47.7 Å². The molecule has 0 saturated carbocycles. The zero-order valence-corrected chi connectivity index (χ0v) is 9.19. The molecule has 14 heavy (non-hydrogen) atoms. The molecule has 0 radical (unpaired) electrons. The molecule has 0 amide bonds. The van der Waals surface area contributed by atoms with Crippen LogP contribution in [-0.4, -0.2) is 6.54 Å². The van der Waals surface area contributed by atoms with Crippen molar-refractivity contribution in [2.75, 3.05) is 6.54 Å². The average Bonchev–Trinajstić information content (AvgIpc) is 2.62. The van der Waals surface area contributed by atoms with E-state index >= 15 is 0 Å². The quantitative estimate of drug-likeness (QED) is 0.700. The third-order valence-electron chi connectivity index (χ3n) is 2.48. The largest absolute Gasteiger partial charge is 0.385 e. The minimum atomic E-state index is 0. The van der Waals surface area contributed by atoms with Crippen LogP contribution in [0.3, 0.4) is 0 Å². The van der Waals surface area contributed by atoms with Crippen LogP contribution in [0.1, 0.15) is 28.1 Å². The van der Waals surface area contributed by atoms with Gasteiger partial charge in [0.2, 0.25) is 0 Å². The standard InChI is InChI=1S/C13H19N.H2/c1-5-11(4)14-9-12-6-7-13(8-12)10(2)3;/h6-7,14H,2,4-5,8-9H2,1,3H3;1H. The van der Waals surface area contributed by atoms with Gasteiger partial charge in [-0.3, -0.25) is 0 Å². The molecule has 1 heteroatoms. The molecule has 0 aliphatic heterocycles. The van der Waals surface area contributed by atoms with E-state index in [9.17, 15) is 0 Å². The maximum Gasteiger partial charge on any atom is 0.0363 e. The fourth-order valence-electron chi connectivity index (χ4n) is 1.36. The second-order valence-electron chi connectivity index (χ2n) is 3.78. The average molecular weight is 191 g/mol. The zero-order chi connectivity index (χ0) is 10.6. The van der Waals surface area contributed by atoms with Crippen molar-refractivity contribution in [3.63, 3.8) is 0 Å². The molecule has 0 saturated heterocycles. The molecule has 1 rings (SSSR count). The molecule has 1 aliphatic carbocycles. The van der Waals surface area contributed by atoms with E-state index in [1.54, 1.807) is 0 Å². The minimum Gasteiger partial charge on any atom is -0.385 e. The summed E-state index contributed by atoms with van der Waals surface area (Å²) >= 11 is 0. The van der Waals surface area contributed by atoms with E-state index in [1.807, 2.05) is 0 Å². The van der Waals surface area contributed by atoms with Crippen molar-refractivity contribution in [2.45, 2.75) is 26.7 Å². The topological polar surface area (TPSA) is 12.0 Å². The number of nitrogens with one attached hydrogen (secondary N) is 1. The Labute approximate surface area is 88.4 Å². The predicted octanol–water partition coefficient (Wildman–Crippen LogP) is 3.58. The summed E-state index contributed by atoms with van der Waals surface area (Å²) in [6.45, 7) is 12.9. The summed E-state index contributed by atoms with van der Waals surface area (Å²) in [5.74, 6) is 0. The summed E-state index contributed by atoms with van der Waals surface area (Å²) in [7, 11) is 0. The minimum absolute atomic E-state index is 0. The molecule has 1 nitrogen and oxygen atoms in total. The highest BCUT2D eigenvalue weighted by Gasteiger charge is 2.08. The molecular formula is C13H21N. The predicted molar refractivity (Wildman–Crippen MR) is 65.1 cm³/mol. The molecule has 0 aromatic heterocycles. The van der Waals surface area contributed by atoms with E-state index < -0.39 is 0 Å². The van der Waals surface area contributed by atoms with Crippen molar-refractivity contribution in [1.29, 1.82) is 0 Å². The van der Waals surface area contributed by atoms with Crippen LogP contribution in [-0.2, 0) is 0 Å². The number of rotatable bonds is 5. The van der Waals surface area contributed by atoms with Crippen LogP contribution < -0.4 is 5.32 Å². The molecule has 1 N–H and O–H groups in total. The van der Waals surface area contributed by atoms with Crippen molar-refractivity contribution >= 4 is 0 Å². The molecule has 0 spiro atoms. The van der Waals surface area contributed by atoms with Crippen LogP contribution in [0.15, 0.2) is 47.7 Å². The maximum absolute atomic E-state index is 3.94. The summed E-state index contributed by atoms with van der Waals surface area (Å²) < 4.78 is 0. The molecule has 0 aromatic carbocycles. The lowest BCUT2D eigenvalue weighted by molar-refractivity contribution is 0.813. The summed E-state index contributed by atoms with van der Waals surface area (Å²) in [5.41, 5.74) is 5.04. The van der Waals surface area contributed by atoms with Crippen LogP contribution in [0.5, 0.6) is 0 Å². The summed E-state index contributed by atoms with van der Waals surface area (Å²) in [6.07, 6.45) is 6.38. The van der Waals surface area contributed by atoms with E-state index in [4.69, 9.17) is 0 Å². The highest BCUT2D eigenvalue weighted by Crippen LogP contribution is 2.23. The van der Waals surface area contributed by atoms with Gasteiger partial charge in [-0.25, -0.2) is 0 Å². The van der Waals surface area contributed by atoms with Crippen LogP contribution in [0.25, 0.3) is 0 Å². The first kappa shape index (κ1) is 10.8. The zero-order valence-electron chi connectivity index (χ0n) is 9.19. The van der Waals surface area contributed by atoms with Crippen molar-refractivity contribution in [3.8, 4) is 0 Å². The van der Waals surface area contributed by atoms with Crippen molar-refractivity contribution < 1.29 is 1.43 Å². The Morgan fingerprint density at radius 3 is 2.71 bits per heavy atom. The Morgan fingerprint density at radius 2 is 2.21 bits per heavy atom. The van der Waals surface area contributed by atoms with E-state index in [0.717, 1.165) is 25.1 Å². The molecule has 78 valence electrons. The van der Waals surface area contributed by atoms with Gasteiger partial charge in [-0.1, -0.05) is 37.8 Å². The van der Waals surface area contributed by atoms with Gasteiger partial charge in [0.15, 0.2) is 0 Å². The van der Waals surface area contributed by atoms with Gasteiger partial charge in [0, 0.05) is 13.7 Å². The summed E-state index contributed by atoms with van der Waals surface area (Å²) in [5, 5.41) is 3.31. The number of hydrogen-bond donors (Lipinski definition) is 1. The Kier molecular flexibility index (Phi) is 3.75. The molecule has 0 aromatic rings. The fourth-order valence-corrected chi connectivity index (χ4v) is 1.36. The van der Waals surface area contributed by atoms with Crippen molar-refractivity contribution in [2.24, 2.45) is 0 Å². The fraction of sp³-hybridized carbons (Fsp3) is 0.385. The second-order valence-corrected chi connectivity index (χ2v) is 3.78. The third-order valence-corrected chi connectivity index (χ3v) is 2.48. The maximum atomic E-state index is 3.94. The van der Waals surface area contributed by atoms with Crippen LogP contribution in [0, 0.1) is 0 Å². The van der Waals surface area contributed by atoms with Gasteiger partial charge >= 0.3 is 0 Å². The highest BCUT2D eigenvalue weighted by molar-refractivity contribution is 5.41. The lowest BCUT2D eigenvalue weighted by Crippen LogP contribution is -2.14. The third kappa shape index (κ3) is 2.91. The van der Waals surface area contributed by atoms with Gasteiger partial charge in [0.1, 0.15) is 0 Å². The normalized spacial score (nSPS) is 14.7. The highest BCUT2D eigenvalue weighted by atomic mass is 14.9.